The summed E-state index contributed by atoms with van der Waals surface area (Å²) in [4.78, 5) is 11.9. The van der Waals surface area contributed by atoms with Gasteiger partial charge >= 0.3 is 6.09 Å². The van der Waals surface area contributed by atoms with E-state index in [9.17, 15) is 4.79 Å². The van der Waals surface area contributed by atoms with E-state index in [0.717, 1.165) is 5.39 Å². The van der Waals surface area contributed by atoms with Crippen molar-refractivity contribution in [3.63, 3.8) is 0 Å². The highest BCUT2D eigenvalue weighted by atomic mass is 16.6. The first-order valence-corrected chi connectivity index (χ1v) is 5.57. The molecule has 0 amide bonds. The van der Waals surface area contributed by atoms with Crippen molar-refractivity contribution in [2.75, 3.05) is 0 Å². The van der Waals surface area contributed by atoms with E-state index in [0.29, 0.717) is 11.1 Å². The molecule has 0 bridgehead atoms. The Kier molecular flexibility index (Phi) is 2.84. The molecule has 2 rings (SSSR count). The van der Waals surface area contributed by atoms with Crippen LogP contribution in [0.1, 0.15) is 26.3 Å². The lowest BCUT2D eigenvalue weighted by molar-refractivity contribution is 0.0543. The summed E-state index contributed by atoms with van der Waals surface area (Å²) in [6.45, 7) is 5.43. The first-order chi connectivity index (χ1) is 8.40. The molecule has 4 nitrogen and oxygen atoms in total. The fourth-order valence-electron chi connectivity index (χ4n) is 1.61. The molecule has 1 aromatic carbocycles. The largest absolute Gasteiger partial charge is 0.443 e. The number of fused-ring (bicyclic) bond motifs is 1. The van der Waals surface area contributed by atoms with Crippen LogP contribution in [0.2, 0.25) is 0 Å². The molecule has 0 saturated carbocycles. The van der Waals surface area contributed by atoms with Gasteiger partial charge in [0.1, 0.15) is 5.60 Å². The summed E-state index contributed by atoms with van der Waals surface area (Å²) < 4.78 is 6.60. The lowest BCUT2D eigenvalue weighted by atomic mass is 10.2. The number of benzene rings is 1. The molecule has 1 aromatic heterocycles. The monoisotopic (exact) mass is 241 g/mol. The maximum absolute atomic E-state index is 11.9. The van der Waals surface area contributed by atoms with Gasteiger partial charge in [-0.2, -0.15) is 5.26 Å². The van der Waals surface area contributed by atoms with Crippen LogP contribution in [0.4, 0.5) is 4.79 Å². The molecule has 0 aliphatic rings. The van der Waals surface area contributed by atoms with E-state index in [4.69, 9.17) is 10.00 Å². The van der Waals surface area contributed by atoms with Gasteiger partial charge in [0.25, 0.3) is 0 Å². The molecule has 0 unspecified atom stereocenters. The van der Waals surface area contributed by atoms with Gasteiger partial charge in [-0.1, -0.05) is 0 Å². The minimum absolute atomic E-state index is 0.470. The molecule has 0 aliphatic heterocycles. The summed E-state index contributed by atoms with van der Waals surface area (Å²) in [6, 6.07) is 8.82. The third-order valence-corrected chi connectivity index (χ3v) is 2.32. The third kappa shape index (κ3) is 2.35. The summed E-state index contributed by atoms with van der Waals surface area (Å²) >= 11 is 0. The van der Waals surface area contributed by atoms with Gasteiger partial charge in [-0.05, 0) is 45.0 Å². The van der Waals surface area contributed by atoms with Crippen molar-refractivity contribution in [1.82, 2.24) is 4.57 Å². The quantitative estimate of drug-likeness (QED) is 0.712. The van der Waals surface area contributed by atoms with Crippen LogP contribution < -0.4 is 0 Å². The lowest BCUT2D eigenvalue weighted by Crippen LogP contribution is -2.26. The number of nitrogens with zero attached hydrogens (tertiary/aromatic N) is 2. The van der Waals surface area contributed by atoms with Gasteiger partial charge in [0.2, 0.25) is 0 Å². The van der Waals surface area contributed by atoms with Crippen LogP contribution in [0.15, 0.2) is 24.3 Å². The zero-order valence-corrected chi connectivity index (χ0v) is 10.5. The third-order valence-electron chi connectivity index (χ3n) is 2.32. The van der Waals surface area contributed by atoms with Gasteiger partial charge in [-0.3, -0.25) is 0 Å². The topological polar surface area (TPSA) is 55.0 Å². The molecule has 0 spiro atoms. The Morgan fingerprint density at radius 1 is 1.44 bits per heavy atom. The Balaban J connectivity index is 2.42. The highest BCUT2D eigenvalue weighted by molar-refractivity contribution is 5.90. The molecule has 2 aromatic rings. The van der Waals surface area contributed by atoms with Gasteiger partial charge in [0, 0.05) is 5.39 Å². The number of rotatable bonds is 0. The lowest BCUT2D eigenvalue weighted by Gasteiger charge is -2.19. The van der Waals surface area contributed by atoms with E-state index in [1.54, 1.807) is 24.3 Å². The van der Waals surface area contributed by atoms with E-state index in [2.05, 4.69) is 12.3 Å². The second kappa shape index (κ2) is 4.19. The highest BCUT2D eigenvalue weighted by Gasteiger charge is 2.19. The minimum atomic E-state index is -0.548. The predicted octanol–water partition coefficient (Wildman–Crippen LogP) is 3.10. The fourth-order valence-corrected chi connectivity index (χ4v) is 1.61. The van der Waals surface area contributed by atoms with Crippen LogP contribution in [-0.2, 0) is 4.74 Å². The predicted molar refractivity (Wildman–Crippen MR) is 67.1 cm³/mol. The van der Waals surface area contributed by atoms with Gasteiger partial charge in [0.05, 0.1) is 23.3 Å². The Morgan fingerprint density at radius 3 is 2.78 bits per heavy atom. The first-order valence-electron chi connectivity index (χ1n) is 5.57. The zero-order valence-electron chi connectivity index (χ0n) is 10.5. The zero-order chi connectivity index (χ0) is 13.3. The molecule has 0 aliphatic carbocycles. The molecule has 0 N–H and O–H groups in total. The molecular formula is C14H13N2O2. The van der Waals surface area contributed by atoms with Crippen molar-refractivity contribution in [3.05, 3.63) is 36.0 Å². The second-order valence-corrected chi connectivity index (χ2v) is 4.97. The van der Waals surface area contributed by atoms with Crippen LogP contribution in [0.25, 0.3) is 10.9 Å². The Labute approximate surface area is 105 Å². The van der Waals surface area contributed by atoms with Crippen LogP contribution in [0.5, 0.6) is 0 Å². The number of ether oxygens (including phenoxy) is 1. The van der Waals surface area contributed by atoms with E-state index in [-0.39, 0.29) is 0 Å². The molecule has 1 radical (unpaired) electrons. The fraction of sp³-hybridized carbons (Fsp3) is 0.286. The Hall–Kier alpha value is -2.28. The summed E-state index contributed by atoms with van der Waals surface area (Å²) in [5.74, 6) is 0. The standard InChI is InChI=1S/C14H13N2O2/c1-14(2,3)18-13(17)16-7-6-11-8-10(9-15)4-5-12(11)16/h4-6,8H,1-3H3. The first kappa shape index (κ1) is 12.2. The molecule has 4 heteroatoms. The number of aromatic nitrogens is 1. The van der Waals surface area contributed by atoms with Crippen molar-refractivity contribution in [2.45, 2.75) is 26.4 Å². The molecule has 91 valence electrons. The highest BCUT2D eigenvalue weighted by Crippen LogP contribution is 2.18. The normalized spacial score (nSPS) is 11.2. The SMILES string of the molecule is CC(C)(C)OC(=O)n1[c]cc2cc(C#N)ccc21. The summed E-state index contributed by atoms with van der Waals surface area (Å²) in [7, 11) is 0. The number of hydrogen-bond acceptors (Lipinski definition) is 3. The molecule has 0 fully saturated rings. The van der Waals surface area contributed by atoms with Crippen molar-refractivity contribution in [2.24, 2.45) is 0 Å². The van der Waals surface area contributed by atoms with Gasteiger partial charge in [-0.25, -0.2) is 9.36 Å². The second-order valence-electron chi connectivity index (χ2n) is 4.97. The Bertz CT molecular complexity index is 642. The van der Waals surface area contributed by atoms with Crippen LogP contribution in [-0.4, -0.2) is 16.3 Å². The number of carbonyl (C=O) groups excluding carboxylic acids is 1. The molecule has 0 saturated heterocycles. The van der Waals surface area contributed by atoms with Crippen LogP contribution in [0, 0.1) is 17.5 Å². The summed E-state index contributed by atoms with van der Waals surface area (Å²) in [5.41, 5.74) is 0.690. The minimum Gasteiger partial charge on any atom is -0.443 e. The van der Waals surface area contributed by atoms with Crippen LogP contribution in [0.3, 0.4) is 0 Å². The number of nitriles is 1. The smallest absolute Gasteiger partial charge is 0.419 e. The summed E-state index contributed by atoms with van der Waals surface area (Å²) in [5, 5.41) is 9.60. The van der Waals surface area contributed by atoms with Gasteiger partial charge < -0.3 is 4.74 Å². The molecule has 1 heterocycles. The maximum Gasteiger partial charge on any atom is 0.419 e. The van der Waals surface area contributed by atoms with Crippen LogP contribution >= 0.6 is 0 Å². The molecular weight excluding hydrogens is 228 g/mol. The van der Waals surface area contributed by atoms with Gasteiger partial charge in [-0.15, -0.1) is 0 Å². The average Bonchev–Trinajstić information content (AvgIpc) is 2.69. The van der Waals surface area contributed by atoms with E-state index < -0.39 is 11.7 Å². The molecule has 18 heavy (non-hydrogen) atoms. The summed E-state index contributed by atoms with van der Waals surface area (Å²) in [6.07, 6.45) is 2.35. The van der Waals surface area contributed by atoms with Gasteiger partial charge in [0.15, 0.2) is 0 Å². The van der Waals surface area contributed by atoms with Crippen molar-refractivity contribution >= 4 is 17.0 Å². The van der Waals surface area contributed by atoms with E-state index >= 15 is 0 Å². The maximum atomic E-state index is 11.9. The number of hydrogen-bond donors (Lipinski definition) is 0. The average molecular weight is 241 g/mol. The van der Waals surface area contributed by atoms with Crippen molar-refractivity contribution in [1.29, 1.82) is 5.26 Å². The van der Waals surface area contributed by atoms with Crippen molar-refractivity contribution in [3.8, 4) is 6.07 Å². The van der Waals surface area contributed by atoms with E-state index in [1.165, 1.54) is 4.57 Å². The number of carbonyl (C=O) groups is 1. The van der Waals surface area contributed by atoms with Crippen molar-refractivity contribution < 1.29 is 9.53 Å². The Morgan fingerprint density at radius 2 is 2.17 bits per heavy atom. The molecule has 0 atom stereocenters. The van der Waals surface area contributed by atoms with E-state index in [1.807, 2.05) is 20.8 Å².